The Hall–Kier alpha value is -2.16. The molecular weight excluding hydrogens is 274 g/mol. The summed E-state index contributed by atoms with van der Waals surface area (Å²) in [4.78, 5) is 0. The molecular formula is C19H25NO2. The molecule has 0 radical (unpaired) electrons. The van der Waals surface area contributed by atoms with Gasteiger partial charge in [-0.05, 0) is 51.5 Å². The minimum Gasteiger partial charge on any atom is -0.491 e. The van der Waals surface area contributed by atoms with Crippen LogP contribution in [0.2, 0.25) is 0 Å². The molecule has 0 aliphatic rings. The van der Waals surface area contributed by atoms with Gasteiger partial charge in [0.2, 0.25) is 0 Å². The molecule has 2 rings (SSSR count). The van der Waals surface area contributed by atoms with Crippen LogP contribution < -0.4 is 14.8 Å². The van der Waals surface area contributed by atoms with Gasteiger partial charge >= 0.3 is 0 Å². The van der Waals surface area contributed by atoms with Gasteiger partial charge in [-0.3, -0.25) is 0 Å². The third kappa shape index (κ3) is 4.99. The summed E-state index contributed by atoms with van der Waals surface area (Å²) in [5, 5.41) is 3.35. The molecule has 118 valence electrons. The van der Waals surface area contributed by atoms with Crippen LogP contribution in [0.25, 0.3) is 0 Å². The number of hydrogen-bond donors (Lipinski definition) is 1. The van der Waals surface area contributed by atoms with Crippen LogP contribution in [0.15, 0.2) is 42.5 Å². The lowest BCUT2D eigenvalue weighted by Gasteiger charge is -2.13. The highest BCUT2D eigenvalue weighted by atomic mass is 16.5. The summed E-state index contributed by atoms with van der Waals surface area (Å²) in [5.74, 6) is 1.83. The predicted octanol–water partition coefficient (Wildman–Crippen LogP) is 4.58. The second-order valence-electron chi connectivity index (χ2n) is 5.74. The number of hydrogen-bond acceptors (Lipinski definition) is 3. The number of ether oxygens (including phenoxy) is 2. The topological polar surface area (TPSA) is 30.5 Å². The summed E-state index contributed by atoms with van der Waals surface area (Å²) >= 11 is 0. The molecule has 3 heteroatoms. The first-order chi connectivity index (χ1) is 10.5. The number of nitrogens with one attached hydrogen (secondary N) is 1. The molecule has 2 aromatic carbocycles. The molecule has 1 N–H and O–H groups in total. The van der Waals surface area contributed by atoms with Gasteiger partial charge in [-0.1, -0.05) is 23.8 Å². The summed E-state index contributed by atoms with van der Waals surface area (Å²) in [7, 11) is 0. The van der Waals surface area contributed by atoms with Gasteiger partial charge in [-0.25, -0.2) is 0 Å². The van der Waals surface area contributed by atoms with Crippen molar-refractivity contribution >= 4 is 5.69 Å². The third-order valence-corrected chi connectivity index (χ3v) is 3.23. The van der Waals surface area contributed by atoms with Gasteiger partial charge in [-0.2, -0.15) is 0 Å². The van der Waals surface area contributed by atoms with E-state index in [1.807, 2.05) is 44.2 Å². The molecule has 0 bridgehead atoms. The van der Waals surface area contributed by atoms with E-state index in [0.29, 0.717) is 6.61 Å². The van der Waals surface area contributed by atoms with Crippen molar-refractivity contribution in [2.45, 2.75) is 33.8 Å². The Bertz CT molecular complexity index is 608. The van der Waals surface area contributed by atoms with E-state index >= 15 is 0 Å². The zero-order valence-electron chi connectivity index (χ0n) is 13.8. The summed E-state index contributed by atoms with van der Waals surface area (Å²) < 4.78 is 11.5. The van der Waals surface area contributed by atoms with Gasteiger partial charge in [-0.15, -0.1) is 0 Å². The largest absolute Gasteiger partial charge is 0.491 e. The van der Waals surface area contributed by atoms with E-state index in [1.54, 1.807) is 0 Å². The van der Waals surface area contributed by atoms with Crippen LogP contribution in [0.3, 0.4) is 0 Å². The molecule has 0 unspecified atom stereocenters. The second-order valence-corrected chi connectivity index (χ2v) is 5.74. The smallest absolute Gasteiger partial charge is 0.122 e. The molecule has 0 aliphatic heterocycles. The summed E-state index contributed by atoms with van der Waals surface area (Å²) in [6.07, 6.45) is 0.183. The fourth-order valence-corrected chi connectivity index (χ4v) is 2.27. The maximum Gasteiger partial charge on any atom is 0.122 e. The van der Waals surface area contributed by atoms with E-state index in [1.165, 1.54) is 11.1 Å². The molecule has 0 atom stereocenters. The van der Waals surface area contributed by atoms with Crippen LogP contribution in [-0.2, 0) is 0 Å². The van der Waals surface area contributed by atoms with Gasteiger partial charge < -0.3 is 14.8 Å². The van der Waals surface area contributed by atoms with Gasteiger partial charge in [0, 0.05) is 18.3 Å². The minimum atomic E-state index is 0.183. The normalized spacial score (nSPS) is 10.6. The number of anilines is 1. The Morgan fingerprint density at radius 2 is 1.86 bits per heavy atom. The molecule has 0 aromatic heterocycles. The molecule has 2 aromatic rings. The van der Waals surface area contributed by atoms with Gasteiger partial charge in [0.1, 0.15) is 18.1 Å². The van der Waals surface area contributed by atoms with Crippen molar-refractivity contribution in [3.63, 3.8) is 0 Å². The highest BCUT2D eigenvalue weighted by molar-refractivity contribution is 5.48. The molecule has 0 saturated carbocycles. The van der Waals surface area contributed by atoms with Crippen molar-refractivity contribution in [1.82, 2.24) is 0 Å². The Morgan fingerprint density at radius 3 is 2.59 bits per heavy atom. The molecule has 0 spiro atoms. The lowest BCUT2D eigenvalue weighted by Crippen LogP contribution is -2.12. The fraction of sp³-hybridized carbons (Fsp3) is 0.368. The van der Waals surface area contributed by atoms with Gasteiger partial charge in [0.25, 0.3) is 0 Å². The third-order valence-electron chi connectivity index (χ3n) is 3.23. The Kier molecular flexibility index (Phi) is 5.70. The molecule has 0 fully saturated rings. The van der Waals surface area contributed by atoms with Crippen LogP contribution in [0, 0.1) is 13.8 Å². The van der Waals surface area contributed by atoms with E-state index in [2.05, 4.69) is 31.3 Å². The lowest BCUT2D eigenvalue weighted by atomic mass is 10.1. The fourth-order valence-electron chi connectivity index (χ4n) is 2.27. The van der Waals surface area contributed by atoms with Crippen molar-refractivity contribution in [1.29, 1.82) is 0 Å². The van der Waals surface area contributed by atoms with E-state index in [-0.39, 0.29) is 6.10 Å². The van der Waals surface area contributed by atoms with Gasteiger partial charge in [0.05, 0.1) is 6.10 Å². The molecule has 3 nitrogen and oxygen atoms in total. The van der Waals surface area contributed by atoms with Crippen LogP contribution in [-0.4, -0.2) is 19.3 Å². The Morgan fingerprint density at radius 1 is 1.05 bits per heavy atom. The first-order valence-corrected chi connectivity index (χ1v) is 7.75. The zero-order chi connectivity index (χ0) is 15.9. The number of aryl methyl sites for hydroxylation is 2. The van der Waals surface area contributed by atoms with Gasteiger partial charge in [0.15, 0.2) is 0 Å². The van der Waals surface area contributed by atoms with E-state index < -0.39 is 0 Å². The first-order valence-electron chi connectivity index (χ1n) is 7.75. The van der Waals surface area contributed by atoms with Crippen molar-refractivity contribution in [3.8, 4) is 11.5 Å². The molecule has 22 heavy (non-hydrogen) atoms. The van der Waals surface area contributed by atoms with Crippen molar-refractivity contribution in [2.24, 2.45) is 0 Å². The molecule has 0 heterocycles. The monoisotopic (exact) mass is 299 g/mol. The quantitative estimate of drug-likeness (QED) is 0.759. The summed E-state index contributed by atoms with van der Waals surface area (Å²) in [6, 6.07) is 14.2. The maximum absolute atomic E-state index is 5.81. The number of benzene rings is 2. The van der Waals surface area contributed by atoms with E-state index in [4.69, 9.17) is 9.47 Å². The van der Waals surface area contributed by atoms with Crippen LogP contribution in [0.4, 0.5) is 5.69 Å². The second kappa shape index (κ2) is 7.74. The van der Waals surface area contributed by atoms with Crippen LogP contribution in [0.1, 0.15) is 25.0 Å². The van der Waals surface area contributed by atoms with E-state index in [9.17, 15) is 0 Å². The summed E-state index contributed by atoms with van der Waals surface area (Å²) in [5.41, 5.74) is 3.47. The van der Waals surface area contributed by atoms with Crippen molar-refractivity contribution < 1.29 is 9.47 Å². The van der Waals surface area contributed by atoms with Crippen LogP contribution in [0.5, 0.6) is 11.5 Å². The highest BCUT2D eigenvalue weighted by Crippen LogP contribution is 2.20. The maximum atomic E-state index is 5.81. The van der Waals surface area contributed by atoms with Crippen LogP contribution >= 0.6 is 0 Å². The van der Waals surface area contributed by atoms with Crippen molar-refractivity contribution in [2.75, 3.05) is 18.5 Å². The summed E-state index contributed by atoms with van der Waals surface area (Å²) in [6.45, 7) is 9.58. The Balaban J connectivity index is 1.81. The molecule has 0 saturated heterocycles. The first kappa shape index (κ1) is 16.2. The minimum absolute atomic E-state index is 0.183. The average molecular weight is 299 g/mol. The predicted molar refractivity (Wildman–Crippen MR) is 92.1 cm³/mol. The Labute approximate surface area is 133 Å². The standard InChI is InChI=1S/C19H25NO2/c1-14(2)22-18-7-5-6-17(13-18)20-10-11-21-19-9-8-15(3)12-16(19)4/h5-9,12-14,20H,10-11H2,1-4H3. The van der Waals surface area contributed by atoms with Crippen molar-refractivity contribution in [3.05, 3.63) is 53.6 Å². The van der Waals surface area contributed by atoms with E-state index in [0.717, 1.165) is 23.7 Å². The average Bonchev–Trinajstić information content (AvgIpc) is 2.45. The molecule has 0 aliphatic carbocycles. The lowest BCUT2D eigenvalue weighted by molar-refractivity contribution is 0.242. The SMILES string of the molecule is Cc1ccc(OCCNc2cccc(OC(C)C)c2)c(C)c1. The zero-order valence-corrected chi connectivity index (χ0v) is 13.8. The number of rotatable bonds is 7. The highest BCUT2D eigenvalue weighted by Gasteiger charge is 2.01. The molecule has 0 amide bonds.